The van der Waals surface area contributed by atoms with Crippen LogP contribution in [0.2, 0.25) is 0 Å². The molecule has 2 fully saturated rings. The highest BCUT2D eigenvalue weighted by Gasteiger charge is 2.42. The summed E-state index contributed by atoms with van der Waals surface area (Å²) in [4.78, 5) is 25.5. The first-order chi connectivity index (χ1) is 11.6. The van der Waals surface area contributed by atoms with Crippen LogP contribution in [0.3, 0.4) is 0 Å². The Bertz CT molecular complexity index is 565. The van der Waals surface area contributed by atoms with E-state index in [-0.39, 0.29) is 11.3 Å². The van der Waals surface area contributed by atoms with Crippen LogP contribution in [0.15, 0.2) is 12.4 Å². The van der Waals surface area contributed by atoms with E-state index in [1.807, 2.05) is 11.8 Å². The van der Waals surface area contributed by atoms with E-state index in [1.54, 1.807) is 19.5 Å². The SMILES string of the molecule is COCCN1CCC2(COCCN(C(=O)c3cnc(C)cn3)C2)C1. The average molecular weight is 334 g/mol. The van der Waals surface area contributed by atoms with Gasteiger partial charge >= 0.3 is 0 Å². The molecule has 3 heterocycles. The number of rotatable bonds is 4. The van der Waals surface area contributed by atoms with E-state index in [4.69, 9.17) is 9.47 Å². The molecule has 0 radical (unpaired) electrons. The van der Waals surface area contributed by atoms with E-state index in [9.17, 15) is 4.79 Å². The van der Waals surface area contributed by atoms with Gasteiger partial charge in [-0.15, -0.1) is 0 Å². The molecule has 0 bridgehead atoms. The Hall–Kier alpha value is -1.57. The maximum Gasteiger partial charge on any atom is 0.274 e. The Kier molecular flexibility index (Phi) is 5.43. The second-order valence-electron chi connectivity index (χ2n) is 6.84. The molecule has 2 aliphatic heterocycles. The number of methoxy groups -OCH3 is 1. The molecule has 24 heavy (non-hydrogen) atoms. The van der Waals surface area contributed by atoms with Gasteiger partial charge in [-0.05, 0) is 19.9 Å². The van der Waals surface area contributed by atoms with Crippen LogP contribution in [0, 0.1) is 12.3 Å². The van der Waals surface area contributed by atoms with Gasteiger partial charge < -0.3 is 19.3 Å². The van der Waals surface area contributed by atoms with Crippen molar-refractivity contribution >= 4 is 5.91 Å². The molecule has 1 atom stereocenters. The first-order valence-corrected chi connectivity index (χ1v) is 8.49. The van der Waals surface area contributed by atoms with Gasteiger partial charge in [0.15, 0.2) is 0 Å². The van der Waals surface area contributed by atoms with Crippen LogP contribution in [-0.4, -0.2) is 85.3 Å². The number of nitrogens with zero attached hydrogens (tertiary/aromatic N) is 4. The minimum absolute atomic E-state index is 0.0119. The normalized spacial score (nSPS) is 25.2. The largest absolute Gasteiger partial charge is 0.383 e. The zero-order valence-corrected chi connectivity index (χ0v) is 14.5. The number of amides is 1. The zero-order valence-electron chi connectivity index (χ0n) is 14.5. The summed E-state index contributed by atoms with van der Waals surface area (Å²) in [6.07, 6.45) is 4.25. The zero-order chi connectivity index (χ0) is 17.0. The molecule has 1 spiro atoms. The average Bonchev–Trinajstić information content (AvgIpc) is 2.86. The van der Waals surface area contributed by atoms with Gasteiger partial charge in [-0.2, -0.15) is 0 Å². The van der Waals surface area contributed by atoms with Crippen molar-refractivity contribution in [3.05, 3.63) is 23.8 Å². The van der Waals surface area contributed by atoms with Crippen molar-refractivity contribution in [3.8, 4) is 0 Å². The number of aromatic nitrogens is 2. The van der Waals surface area contributed by atoms with E-state index in [1.165, 1.54) is 0 Å². The predicted molar refractivity (Wildman–Crippen MR) is 88.9 cm³/mol. The Labute approximate surface area is 143 Å². The summed E-state index contributed by atoms with van der Waals surface area (Å²) in [5.41, 5.74) is 1.23. The standard InChI is InChI=1S/C17H26N4O3/c1-14-9-19-15(10-18-14)16(22)21-6-8-24-13-17(12-21)3-4-20(11-17)5-7-23-2/h9-10H,3-8,11-13H2,1-2H3. The lowest BCUT2D eigenvalue weighted by atomic mass is 9.87. The van der Waals surface area contributed by atoms with E-state index < -0.39 is 0 Å². The molecule has 2 saturated heterocycles. The van der Waals surface area contributed by atoms with Crippen LogP contribution < -0.4 is 0 Å². The summed E-state index contributed by atoms with van der Waals surface area (Å²) in [6.45, 7) is 8.10. The minimum Gasteiger partial charge on any atom is -0.383 e. The number of hydrogen-bond donors (Lipinski definition) is 0. The second kappa shape index (κ2) is 7.55. The van der Waals surface area contributed by atoms with Gasteiger partial charge in [0, 0.05) is 44.9 Å². The first-order valence-electron chi connectivity index (χ1n) is 8.49. The monoisotopic (exact) mass is 334 g/mol. The molecule has 132 valence electrons. The van der Waals surface area contributed by atoms with Crippen LogP contribution >= 0.6 is 0 Å². The van der Waals surface area contributed by atoms with E-state index in [2.05, 4.69) is 14.9 Å². The summed E-state index contributed by atoms with van der Waals surface area (Å²) in [6, 6.07) is 0. The highest BCUT2D eigenvalue weighted by molar-refractivity contribution is 5.92. The molecule has 0 aromatic carbocycles. The molecule has 1 aromatic rings. The van der Waals surface area contributed by atoms with Gasteiger partial charge in [-0.1, -0.05) is 0 Å². The van der Waals surface area contributed by atoms with E-state index in [0.29, 0.717) is 32.0 Å². The third-order valence-corrected chi connectivity index (χ3v) is 4.86. The molecule has 1 unspecified atom stereocenters. The third-order valence-electron chi connectivity index (χ3n) is 4.86. The van der Waals surface area contributed by atoms with Gasteiger partial charge in [0.05, 0.1) is 31.7 Å². The lowest BCUT2D eigenvalue weighted by Crippen LogP contribution is -2.43. The van der Waals surface area contributed by atoms with Gasteiger partial charge in [0.2, 0.25) is 0 Å². The van der Waals surface area contributed by atoms with Crippen LogP contribution in [0.1, 0.15) is 22.6 Å². The van der Waals surface area contributed by atoms with Gasteiger partial charge in [0.25, 0.3) is 5.91 Å². The molecule has 7 heteroatoms. The quantitative estimate of drug-likeness (QED) is 0.803. The summed E-state index contributed by atoms with van der Waals surface area (Å²) in [7, 11) is 1.73. The number of aryl methyl sites for hydroxylation is 1. The lowest BCUT2D eigenvalue weighted by molar-refractivity contribution is 0.0626. The van der Waals surface area contributed by atoms with Crippen molar-refractivity contribution in [3.63, 3.8) is 0 Å². The highest BCUT2D eigenvalue weighted by atomic mass is 16.5. The Morgan fingerprint density at radius 2 is 2.21 bits per heavy atom. The maximum atomic E-state index is 12.8. The van der Waals surface area contributed by atoms with E-state index >= 15 is 0 Å². The molecule has 2 aliphatic rings. The molecule has 7 nitrogen and oxygen atoms in total. The second-order valence-corrected chi connectivity index (χ2v) is 6.84. The van der Waals surface area contributed by atoms with Crippen LogP contribution in [0.5, 0.6) is 0 Å². The number of carbonyl (C=O) groups is 1. The van der Waals surface area contributed by atoms with Crippen LogP contribution in [-0.2, 0) is 9.47 Å². The summed E-state index contributed by atoms with van der Waals surface area (Å²) in [5.74, 6) is -0.0530. The molecular formula is C17H26N4O3. The maximum absolute atomic E-state index is 12.8. The first kappa shape index (κ1) is 17.3. The fraction of sp³-hybridized carbons (Fsp3) is 0.706. The van der Waals surface area contributed by atoms with Crippen molar-refractivity contribution in [2.75, 3.05) is 59.7 Å². The Balaban J connectivity index is 1.69. The highest BCUT2D eigenvalue weighted by Crippen LogP contribution is 2.33. The van der Waals surface area contributed by atoms with Gasteiger partial charge in [0.1, 0.15) is 5.69 Å². The van der Waals surface area contributed by atoms with Crippen LogP contribution in [0.25, 0.3) is 0 Å². The van der Waals surface area contributed by atoms with Crippen molar-refractivity contribution in [1.29, 1.82) is 0 Å². The summed E-state index contributed by atoms with van der Waals surface area (Å²) >= 11 is 0. The van der Waals surface area contributed by atoms with Crippen LogP contribution in [0.4, 0.5) is 0 Å². The molecule has 0 N–H and O–H groups in total. The van der Waals surface area contributed by atoms with Gasteiger partial charge in [-0.3, -0.25) is 9.78 Å². The molecule has 1 amide bonds. The Morgan fingerprint density at radius 3 is 2.96 bits per heavy atom. The smallest absolute Gasteiger partial charge is 0.274 e. The molecular weight excluding hydrogens is 308 g/mol. The van der Waals surface area contributed by atoms with Crippen molar-refractivity contribution < 1.29 is 14.3 Å². The van der Waals surface area contributed by atoms with Crippen molar-refractivity contribution in [1.82, 2.24) is 19.8 Å². The van der Waals surface area contributed by atoms with Gasteiger partial charge in [-0.25, -0.2) is 4.98 Å². The third kappa shape index (κ3) is 3.91. The Morgan fingerprint density at radius 1 is 1.33 bits per heavy atom. The summed E-state index contributed by atoms with van der Waals surface area (Å²) in [5, 5.41) is 0. The molecule has 0 aliphatic carbocycles. The number of likely N-dealkylation sites (tertiary alicyclic amines) is 1. The number of ether oxygens (including phenoxy) is 2. The summed E-state index contributed by atoms with van der Waals surface area (Å²) < 4.78 is 11.0. The molecule has 3 rings (SSSR count). The lowest BCUT2D eigenvalue weighted by Gasteiger charge is -2.31. The minimum atomic E-state index is -0.0530. The fourth-order valence-electron chi connectivity index (χ4n) is 3.52. The predicted octanol–water partition coefficient (Wildman–Crippen LogP) is 0.596. The number of carbonyl (C=O) groups excluding carboxylic acids is 1. The fourth-order valence-corrected chi connectivity index (χ4v) is 3.52. The van der Waals surface area contributed by atoms with E-state index in [0.717, 1.165) is 38.4 Å². The van der Waals surface area contributed by atoms with Crippen molar-refractivity contribution in [2.45, 2.75) is 13.3 Å². The number of hydrogen-bond acceptors (Lipinski definition) is 6. The van der Waals surface area contributed by atoms with Crippen molar-refractivity contribution in [2.24, 2.45) is 5.41 Å². The molecule has 1 aromatic heterocycles. The topological polar surface area (TPSA) is 67.8 Å². The molecule has 0 saturated carbocycles.